The minimum atomic E-state index is -2.09. The first-order valence-corrected chi connectivity index (χ1v) is 14.8. The molecule has 0 saturated carbocycles. The number of hydrogen-bond acceptors (Lipinski definition) is 6. The number of carbonyl (C=O) groups is 2. The van der Waals surface area contributed by atoms with Gasteiger partial charge in [-0.2, -0.15) is 0 Å². The first-order chi connectivity index (χ1) is 16.2. The van der Waals surface area contributed by atoms with Crippen LogP contribution in [-0.2, 0) is 25.4 Å². The fraction of sp³-hybridized carbons (Fsp3) is 0.538. The van der Waals surface area contributed by atoms with Gasteiger partial charge in [0.05, 0.1) is 23.0 Å². The molecule has 1 aromatic rings. The summed E-state index contributed by atoms with van der Waals surface area (Å²) in [5, 5.41) is 10.8. The Hall–Kier alpha value is -2.78. The third-order valence-corrected chi connectivity index (χ3v) is 11.6. The van der Waals surface area contributed by atoms with Crippen LogP contribution in [0.5, 0.6) is 0 Å². The van der Waals surface area contributed by atoms with E-state index in [1.165, 1.54) is 12.1 Å². The van der Waals surface area contributed by atoms with E-state index in [0.29, 0.717) is 12.0 Å². The third kappa shape index (κ3) is 6.46. The van der Waals surface area contributed by atoms with Crippen LogP contribution in [0.3, 0.4) is 0 Å². The van der Waals surface area contributed by atoms with Gasteiger partial charge in [-0.1, -0.05) is 32.9 Å². The molecule has 0 aliphatic carbocycles. The van der Waals surface area contributed by atoms with Gasteiger partial charge in [-0.05, 0) is 55.6 Å². The van der Waals surface area contributed by atoms with Gasteiger partial charge in [0, 0.05) is 12.1 Å². The maximum atomic E-state index is 13.3. The summed E-state index contributed by atoms with van der Waals surface area (Å²) in [6.45, 7) is 20.3. The number of nitrogens with zero attached hydrogens (tertiary/aromatic N) is 2. The van der Waals surface area contributed by atoms with Crippen LogP contribution in [0.1, 0.15) is 46.1 Å². The fourth-order valence-corrected chi connectivity index (χ4v) is 5.51. The first-order valence-electron chi connectivity index (χ1n) is 11.9. The third-order valence-electron chi connectivity index (χ3n) is 7.04. The van der Waals surface area contributed by atoms with E-state index in [1.54, 1.807) is 29.2 Å². The lowest BCUT2D eigenvalue weighted by molar-refractivity contribution is -0.384. The van der Waals surface area contributed by atoms with Crippen molar-refractivity contribution in [1.29, 1.82) is 0 Å². The van der Waals surface area contributed by atoms with Crippen LogP contribution in [-0.4, -0.2) is 48.2 Å². The number of nitro benzene ring substituents is 1. The highest BCUT2D eigenvalue weighted by Gasteiger charge is 2.55. The predicted octanol–water partition coefficient (Wildman–Crippen LogP) is 5.40. The van der Waals surface area contributed by atoms with Crippen LogP contribution in [0.25, 0.3) is 0 Å². The van der Waals surface area contributed by atoms with Crippen molar-refractivity contribution >= 4 is 25.9 Å². The van der Waals surface area contributed by atoms with Crippen LogP contribution in [0.2, 0.25) is 18.1 Å². The van der Waals surface area contributed by atoms with E-state index < -0.39 is 25.3 Å². The molecule has 0 bridgehead atoms. The Labute approximate surface area is 209 Å². The second kappa shape index (κ2) is 11.3. The number of β-lactam (4-membered cyclic amide) rings is 1. The van der Waals surface area contributed by atoms with E-state index in [9.17, 15) is 19.7 Å². The van der Waals surface area contributed by atoms with E-state index in [1.807, 2.05) is 6.92 Å². The lowest BCUT2D eigenvalue weighted by Gasteiger charge is -2.53. The molecule has 9 heteroatoms. The number of hydrogen-bond donors (Lipinski definition) is 0. The summed E-state index contributed by atoms with van der Waals surface area (Å²) in [5.41, 5.74) is 0.580. The Morgan fingerprint density at radius 1 is 1.23 bits per heavy atom. The molecule has 192 valence electrons. The zero-order valence-electron chi connectivity index (χ0n) is 21.7. The number of benzene rings is 1. The summed E-state index contributed by atoms with van der Waals surface area (Å²) >= 11 is 0. The number of ether oxygens (including phenoxy) is 1. The van der Waals surface area contributed by atoms with Gasteiger partial charge >= 0.3 is 5.97 Å². The van der Waals surface area contributed by atoms with Gasteiger partial charge in [-0.3, -0.25) is 14.9 Å². The smallest absolute Gasteiger partial charge is 0.329 e. The van der Waals surface area contributed by atoms with Crippen molar-refractivity contribution in [3.8, 4) is 0 Å². The van der Waals surface area contributed by atoms with Crippen molar-refractivity contribution in [1.82, 2.24) is 4.90 Å². The van der Waals surface area contributed by atoms with Crippen LogP contribution < -0.4 is 0 Å². The Bertz CT molecular complexity index is 954. The molecule has 0 aromatic heterocycles. The molecule has 1 fully saturated rings. The number of non-ortho nitro benzene ring substituents is 1. The normalized spacial score (nSPS) is 19.9. The zero-order valence-corrected chi connectivity index (χ0v) is 22.7. The summed E-state index contributed by atoms with van der Waals surface area (Å²) in [4.78, 5) is 38.3. The second-order valence-electron chi connectivity index (χ2n) is 10.5. The lowest BCUT2D eigenvalue weighted by atomic mass is 9.79. The summed E-state index contributed by atoms with van der Waals surface area (Å²) in [5.74, 6) is -1.04. The molecule has 0 spiro atoms. The van der Waals surface area contributed by atoms with Gasteiger partial charge in [0.25, 0.3) is 5.69 Å². The topological polar surface area (TPSA) is 99.0 Å². The number of likely N-dealkylation sites (tertiary alicyclic amines) is 1. The van der Waals surface area contributed by atoms with E-state index >= 15 is 0 Å². The van der Waals surface area contributed by atoms with Crippen molar-refractivity contribution < 1.29 is 23.7 Å². The molecule has 4 atom stereocenters. The molecular formula is C26H38N2O6Si. The molecule has 0 radical (unpaired) electrons. The number of carbonyl (C=O) groups excluding carboxylic acids is 2. The standard InChI is InChI=1S/C26H38N2O6Si/c1-9-11-21-23(18(3)34-35(7,8)26(4,5)6)24(29)27(21)22(12-10-2)25(30)33-17-19-13-15-20(16-14-19)28(31)32/h9-10,13-16,18,21-23H,1-2,11-12,17H2,3-8H3/t18-,21-,22?,23-/m1/s1. The van der Waals surface area contributed by atoms with E-state index in [0.717, 1.165) is 0 Å². The van der Waals surface area contributed by atoms with Gasteiger partial charge in [0.2, 0.25) is 5.91 Å². The summed E-state index contributed by atoms with van der Waals surface area (Å²) in [6.07, 6.45) is 3.85. The maximum Gasteiger partial charge on any atom is 0.329 e. The summed E-state index contributed by atoms with van der Waals surface area (Å²) in [6, 6.07) is 4.77. The van der Waals surface area contributed by atoms with E-state index in [2.05, 4.69) is 47.0 Å². The van der Waals surface area contributed by atoms with Gasteiger partial charge in [0.1, 0.15) is 12.6 Å². The Kier molecular flexibility index (Phi) is 9.19. The molecule has 1 amide bonds. The number of nitro groups is 1. The molecular weight excluding hydrogens is 464 g/mol. The Balaban J connectivity index is 2.15. The summed E-state index contributed by atoms with van der Waals surface area (Å²) in [7, 11) is -2.09. The minimum absolute atomic E-state index is 0.00866. The van der Waals surface area contributed by atoms with Crippen LogP contribution in [0.15, 0.2) is 49.6 Å². The van der Waals surface area contributed by atoms with Crippen molar-refractivity contribution in [2.45, 2.75) is 83.5 Å². The van der Waals surface area contributed by atoms with Gasteiger partial charge in [-0.25, -0.2) is 4.79 Å². The fourth-order valence-electron chi connectivity index (χ4n) is 4.08. The molecule has 1 aliphatic rings. The monoisotopic (exact) mass is 502 g/mol. The van der Waals surface area contributed by atoms with Crippen molar-refractivity contribution in [3.63, 3.8) is 0 Å². The zero-order chi connectivity index (χ0) is 26.6. The van der Waals surface area contributed by atoms with Crippen molar-refractivity contribution in [2.24, 2.45) is 5.92 Å². The molecule has 1 aliphatic heterocycles. The van der Waals surface area contributed by atoms with Crippen molar-refractivity contribution in [2.75, 3.05) is 0 Å². The number of rotatable bonds is 12. The SMILES string of the molecule is C=CCC(C(=O)OCc1ccc([N+](=O)[O-])cc1)N1C(=O)[C@H]([C@@H](C)O[Si](C)(C)C(C)(C)C)[C@H]1CC=C. The first kappa shape index (κ1) is 28.5. The largest absolute Gasteiger partial charge is 0.459 e. The average Bonchev–Trinajstić information content (AvgIpc) is 2.76. The van der Waals surface area contributed by atoms with E-state index in [-0.39, 0.29) is 47.7 Å². The van der Waals surface area contributed by atoms with Gasteiger partial charge in [0.15, 0.2) is 8.32 Å². The van der Waals surface area contributed by atoms with Gasteiger partial charge in [-0.15, -0.1) is 13.2 Å². The van der Waals surface area contributed by atoms with Crippen LogP contribution in [0, 0.1) is 16.0 Å². The Morgan fingerprint density at radius 2 is 1.83 bits per heavy atom. The highest BCUT2D eigenvalue weighted by atomic mass is 28.4. The van der Waals surface area contributed by atoms with Gasteiger partial charge < -0.3 is 14.1 Å². The molecule has 1 aromatic carbocycles. The van der Waals surface area contributed by atoms with Crippen LogP contribution >= 0.6 is 0 Å². The molecule has 2 rings (SSSR count). The highest BCUT2D eigenvalue weighted by Crippen LogP contribution is 2.42. The Morgan fingerprint density at radius 3 is 2.31 bits per heavy atom. The van der Waals surface area contributed by atoms with Crippen molar-refractivity contribution in [3.05, 3.63) is 65.3 Å². The highest BCUT2D eigenvalue weighted by molar-refractivity contribution is 6.74. The quantitative estimate of drug-likeness (QED) is 0.0948. The predicted molar refractivity (Wildman–Crippen MR) is 138 cm³/mol. The minimum Gasteiger partial charge on any atom is -0.459 e. The molecule has 35 heavy (non-hydrogen) atoms. The van der Waals surface area contributed by atoms with E-state index in [4.69, 9.17) is 9.16 Å². The molecule has 1 saturated heterocycles. The van der Waals surface area contributed by atoms with Crippen LogP contribution in [0.4, 0.5) is 5.69 Å². The number of esters is 1. The molecule has 1 heterocycles. The second-order valence-corrected chi connectivity index (χ2v) is 15.3. The molecule has 8 nitrogen and oxygen atoms in total. The molecule has 0 N–H and O–H groups in total. The number of amides is 1. The summed E-state index contributed by atoms with van der Waals surface area (Å²) < 4.78 is 12.0. The maximum absolute atomic E-state index is 13.3. The lowest BCUT2D eigenvalue weighted by Crippen LogP contribution is -2.69. The average molecular weight is 503 g/mol. The molecule has 1 unspecified atom stereocenters.